The molecule has 0 amide bonds. The summed E-state index contributed by atoms with van der Waals surface area (Å²) in [6.07, 6.45) is -1.67. The number of hydrogen-bond donors (Lipinski definition) is 2. The average molecular weight is 394 g/mol. The summed E-state index contributed by atoms with van der Waals surface area (Å²) in [7, 11) is 0. The number of rotatable bonds is 3. The van der Waals surface area contributed by atoms with Crippen LogP contribution in [0.5, 0.6) is 0 Å². The predicted octanol–water partition coefficient (Wildman–Crippen LogP) is 2.31. The van der Waals surface area contributed by atoms with Gasteiger partial charge < -0.3 is 20.6 Å². The topological polar surface area (TPSA) is 91.4 Å². The van der Waals surface area contributed by atoms with Gasteiger partial charge in [0.25, 0.3) is 0 Å². The molecule has 4 rings (SSSR count). The van der Waals surface area contributed by atoms with Crippen LogP contribution >= 0.6 is 0 Å². The van der Waals surface area contributed by atoms with Crippen molar-refractivity contribution in [2.24, 2.45) is 0 Å². The average Bonchev–Trinajstić information content (AvgIpc) is 2.60. The maximum atomic E-state index is 13.6. The van der Waals surface area contributed by atoms with Crippen LogP contribution in [0.4, 0.5) is 30.8 Å². The van der Waals surface area contributed by atoms with Gasteiger partial charge in [0.2, 0.25) is 5.95 Å². The van der Waals surface area contributed by atoms with Crippen molar-refractivity contribution in [3.8, 4) is 11.3 Å². The van der Waals surface area contributed by atoms with Crippen molar-refractivity contribution in [1.82, 2.24) is 15.0 Å². The number of pyridine rings is 1. The molecule has 2 aliphatic heterocycles. The summed E-state index contributed by atoms with van der Waals surface area (Å²) in [6, 6.07) is 2.40. The van der Waals surface area contributed by atoms with Crippen molar-refractivity contribution >= 4 is 17.6 Å². The van der Waals surface area contributed by atoms with E-state index in [1.807, 2.05) is 9.80 Å². The first kappa shape index (κ1) is 18.7. The van der Waals surface area contributed by atoms with Crippen LogP contribution in [0, 0.1) is 0 Å². The summed E-state index contributed by atoms with van der Waals surface area (Å²) < 4.78 is 40.7. The first-order chi connectivity index (χ1) is 13.3. The summed E-state index contributed by atoms with van der Waals surface area (Å²) in [5, 5.41) is 9.73. The normalized spacial score (nSPS) is 18.3. The Morgan fingerprint density at radius 2 is 1.75 bits per heavy atom. The monoisotopic (exact) mass is 394 g/mol. The van der Waals surface area contributed by atoms with Gasteiger partial charge in [-0.25, -0.2) is 9.97 Å². The molecule has 0 spiro atoms. The highest BCUT2D eigenvalue weighted by Gasteiger charge is 2.35. The van der Waals surface area contributed by atoms with E-state index in [1.165, 1.54) is 0 Å². The summed E-state index contributed by atoms with van der Waals surface area (Å²) >= 11 is 0. The summed E-state index contributed by atoms with van der Waals surface area (Å²) in [6.45, 7) is 2.72. The van der Waals surface area contributed by atoms with Crippen LogP contribution in [-0.4, -0.2) is 52.3 Å². The molecule has 2 saturated heterocycles. The van der Waals surface area contributed by atoms with Gasteiger partial charge in [0.05, 0.1) is 17.4 Å². The van der Waals surface area contributed by atoms with E-state index in [9.17, 15) is 18.3 Å². The van der Waals surface area contributed by atoms with E-state index < -0.39 is 11.7 Å². The van der Waals surface area contributed by atoms with Gasteiger partial charge in [0, 0.05) is 44.0 Å². The molecule has 0 aromatic carbocycles. The zero-order chi connectivity index (χ0) is 19.9. The number of hydrogen-bond acceptors (Lipinski definition) is 7. The minimum Gasteiger partial charge on any atom is -0.393 e. The fourth-order valence-corrected chi connectivity index (χ4v) is 3.38. The molecule has 2 aromatic rings. The lowest BCUT2D eigenvalue weighted by Crippen LogP contribution is -2.39. The third kappa shape index (κ3) is 3.68. The number of aromatic nitrogens is 3. The number of halogens is 3. The van der Waals surface area contributed by atoms with Crippen molar-refractivity contribution in [2.45, 2.75) is 31.5 Å². The van der Waals surface area contributed by atoms with Gasteiger partial charge in [-0.05, 0) is 25.3 Å². The third-order valence-corrected chi connectivity index (χ3v) is 5.13. The molecule has 0 saturated carbocycles. The van der Waals surface area contributed by atoms with Crippen molar-refractivity contribution in [3.05, 3.63) is 23.9 Å². The van der Waals surface area contributed by atoms with Gasteiger partial charge in [0.1, 0.15) is 11.6 Å². The molecule has 2 aliphatic rings. The second-order valence-corrected chi connectivity index (χ2v) is 7.12. The summed E-state index contributed by atoms with van der Waals surface area (Å²) in [5.74, 6) is 0.775. The maximum Gasteiger partial charge on any atom is 0.417 e. The fourth-order valence-electron chi connectivity index (χ4n) is 3.38. The quantitative estimate of drug-likeness (QED) is 0.825. The molecule has 3 N–H and O–H groups in total. The van der Waals surface area contributed by atoms with Crippen molar-refractivity contribution in [1.29, 1.82) is 0 Å². The second-order valence-electron chi connectivity index (χ2n) is 7.12. The lowest BCUT2D eigenvalue weighted by molar-refractivity contribution is -0.137. The van der Waals surface area contributed by atoms with E-state index in [1.54, 1.807) is 6.07 Å². The smallest absolute Gasteiger partial charge is 0.393 e. The van der Waals surface area contributed by atoms with Crippen LogP contribution in [0.15, 0.2) is 18.3 Å². The number of nitrogens with two attached hydrogens (primary N) is 1. The largest absolute Gasteiger partial charge is 0.417 e. The van der Waals surface area contributed by atoms with E-state index in [0.717, 1.165) is 31.8 Å². The molecule has 7 nitrogen and oxygen atoms in total. The number of piperidine rings is 1. The Balaban J connectivity index is 1.80. The molecular formula is C18H21F3N6O. The Kier molecular flexibility index (Phi) is 4.74. The van der Waals surface area contributed by atoms with Crippen LogP contribution in [0.25, 0.3) is 11.3 Å². The van der Waals surface area contributed by atoms with Crippen LogP contribution in [0.1, 0.15) is 24.8 Å². The highest BCUT2D eigenvalue weighted by atomic mass is 19.4. The zero-order valence-corrected chi connectivity index (χ0v) is 15.2. The maximum absolute atomic E-state index is 13.6. The highest BCUT2D eigenvalue weighted by Crippen LogP contribution is 2.38. The Bertz CT molecular complexity index is 863. The number of aliphatic hydroxyl groups is 1. The first-order valence-electron chi connectivity index (χ1n) is 9.21. The van der Waals surface area contributed by atoms with Gasteiger partial charge in [-0.1, -0.05) is 0 Å². The number of nitrogens with zero attached hydrogens (tertiary/aromatic N) is 5. The molecule has 2 aromatic heterocycles. The molecular weight excluding hydrogens is 373 g/mol. The zero-order valence-electron chi connectivity index (χ0n) is 15.2. The molecule has 28 heavy (non-hydrogen) atoms. The van der Waals surface area contributed by atoms with Crippen LogP contribution in [-0.2, 0) is 6.18 Å². The van der Waals surface area contributed by atoms with E-state index in [-0.39, 0.29) is 23.2 Å². The molecule has 10 heteroatoms. The van der Waals surface area contributed by atoms with E-state index >= 15 is 0 Å². The van der Waals surface area contributed by atoms with Crippen LogP contribution in [0.3, 0.4) is 0 Å². The molecule has 0 atom stereocenters. The molecule has 150 valence electrons. The first-order valence-corrected chi connectivity index (χ1v) is 9.21. The number of nitrogen functional groups attached to an aromatic ring is 1. The SMILES string of the molecule is Nc1cc(C(F)(F)F)c(-c2cc(N3CCC3)nc(N3CCC(O)CC3)n2)cn1. The third-order valence-electron chi connectivity index (χ3n) is 5.13. The van der Waals surface area contributed by atoms with E-state index in [2.05, 4.69) is 15.0 Å². The van der Waals surface area contributed by atoms with Gasteiger partial charge in [-0.3, -0.25) is 0 Å². The van der Waals surface area contributed by atoms with E-state index in [0.29, 0.717) is 37.7 Å². The predicted molar refractivity (Wildman–Crippen MR) is 99.0 cm³/mol. The van der Waals surface area contributed by atoms with Crippen molar-refractivity contribution < 1.29 is 18.3 Å². The van der Waals surface area contributed by atoms with Gasteiger partial charge in [0.15, 0.2) is 0 Å². The van der Waals surface area contributed by atoms with Gasteiger partial charge >= 0.3 is 6.18 Å². The minimum absolute atomic E-state index is 0.121. The summed E-state index contributed by atoms with van der Waals surface area (Å²) in [5.41, 5.74) is 4.66. The highest BCUT2D eigenvalue weighted by molar-refractivity contribution is 5.69. The Hall–Kier alpha value is -2.62. The Morgan fingerprint density at radius 1 is 1.04 bits per heavy atom. The molecule has 4 heterocycles. The molecule has 2 fully saturated rings. The van der Waals surface area contributed by atoms with Crippen molar-refractivity contribution in [2.75, 3.05) is 41.7 Å². The number of alkyl halides is 3. The lowest BCUT2D eigenvalue weighted by Gasteiger charge is -2.34. The van der Waals surface area contributed by atoms with E-state index in [4.69, 9.17) is 5.73 Å². The molecule has 0 radical (unpaired) electrons. The lowest BCUT2D eigenvalue weighted by atomic mass is 10.1. The van der Waals surface area contributed by atoms with Crippen LogP contribution < -0.4 is 15.5 Å². The standard InChI is InChI=1S/C18H21F3N6O/c19-18(20,21)13-8-15(22)23-10-12(13)14-9-16(26-4-1-5-26)25-17(24-14)27-6-2-11(28)3-7-27/h8-11,28H,1-7H2,(H2,22,23). The minimum atomic E-state index is -4.58. The molecule has 0 aliphatic carbocycles. The summed E-state index contributed by atoms with van der Waals surface area (Å²) in [4.78, 5) is 16.7. The second kappa shape index (κ2) is 7.08. The molecule has 0 bridgehead atoms. The number of aliphatic hydroxyl groups excluding tert-OH is 1. The fraction of sp³-hybridized carbons (Fsp3) is 0.500. The van der Waals surface area contributed by atoms with Gasteiger partial charge in [-0.15, -0.1) is 0 Å². The molecule has 0 unspecified atom stereocenters. The Morgan fingerprint density at radius 3 is 2.36 bits per heavy atom. The van der Waals surface area contributed by atoms with Gasteiger partial charge in [-0.2, -0.15) is 18.2 Å². The number of anilines is 3. The Labute approximate surface area is 160 Å². The van der Waals surface area contributed by atoms with Crippen LogP contribution in [0.2, 0.25) is 0 Å². The van der Waals surface area contributed by atoms with Crippen molar-refractivity contribution in [3.63, 3.8) is 0 Å².